The Morgan fingerprint density at radius 1 is 0.917 bits per heavy atom. The summed E-state index contributed by atoms with van der Waals surface area (Å²) in [5, 5.41) is 5.74. The zero-order chi connectivity index (χ0) is 17.4. The van der Waals surface area contributed by atoms with Crippen LogP contribution in [0.4, 0.5) is 0 Å². The van der Waals surface area contributed by atoms with Crippen LogP contribution in [-0.4, -0.2) is 18.4 Å². The normalized spacial score (nSPS) is 10.2. The molecule has 0 heterocycles. The van der Waals surface area contributed by atoms with Gasteiger partial charge in [0, 0.05) is 24.2 Å². The number of amides is 2. The summed E-state index contributed by atoms with van der Waals surface area (Å²) < 4.78 is 0. The van der Waals surface area contributed by atoms with Crippen molar-refractivity contribution in [3.63, 3.8) is 0 Å². The van der Waals surface area contributed by atoms with Gasteiger partial charge in [0.15, 0.2) is 0 Å². The van der Waals surface area contributed by atoms with Crippen LogP contribution in [0.2, 0.25) is 0 Å². The summed E-state index contributed by atoms with van der Waals surface area (Å²) in [4.78, 5) is 24.3. The molecule has 0 spiro atoms. The van der Waals surface area contributed by atoms with Crippen molar-refractivity contribution < 1.29 is 9.59 Å². The summed E-state index contributed by atoms with van der Waals surface area (Å²) in [5.41, 5.74) is 3.23. The Morgan fingerprint density at radius 3 is 2.17 bits per heavy atom. The molecule has 2 aromatic rings. The third-order valence-corrected chi connectivity index (χ3v) is 3.78. The van der Waals surface area contributed by atoms with Gasteiger partial charge in [-0.3, -0.25) is 9.59 Å². The molecular weight excluding hydrogens is 300 g/mol. The van der Waals surface area contributed by atoms with Gasteiger partial charge in [-0.15, -0.1) is 0 Å². The number of hydrogen-bond donors (Lipinski definition) is 2. The highest BCUT2D eigenvalue weighted by molar-refractivity contribution is 5.99. The molecule has 4 nitrogen and oxygen atoms in total. The van der Waals surface area contributed by atoms with E-state index in [1.54, 1.807) is 24.3 Å². The third-order valence-electron chi connectivity index (χ3n) is 3.78. The van der Waals surface area contributed by atoms with Crippen molar-refractivity contribution in [3.05, 3.63) is 70.8 Å². The molecule has 0 unspecified atom stereocenters. The minimum atomic E-state index is -0.182. The highest BCUT2D eigenvalue weighted by Crippen LogP contribution is 2.07. The Bertz CT molecular complexity index is 693. The van der Waals surface area contributed by atoms with Crippen molar-refractivity contribution in [1.82, 2.24) is 10.6 Å². The van der Waals surface area contributed by atoms with Crippen molar-refractivity contribution >= 4 is 11.8 Å². The van der Waals surface area contributed by atoms with Crippen LogP contribution in [-0.2, 0) is 6.54 Å². The van der Waals surface area contributed by atoms with Gasteiger partial charge in [-0.25, -0.2) is 0 Å². The van der Waals surface area contributed by atoms with Crippen LogP contribution in [0.25, 0.3) is 0 Å². The van der Waals surface area contributed by atoms with Crippen LogP contribution in [0, 0.1) is 6.92 Å². The third kappa shape index (κ3) is 5.23. The predicted octanol–water partition coefficient (Wildman–Crippen LogP) is 3.45. The molecule has 0 aromatic heterocycles. The van der Waals surface area contributed by atoms with Crippen molar-refractivity contribution in [3.8, 4) is 0 Å². The molecule has 2 N–H and O–H groups in total. The van der Waals surface area contributed by atoms with E-state index in [-0.39, 0.29) is 11.8 Å². The molecule has 2 aromatic carbocycles. The van der Waals surface area contributed by atoms with E-state index in [4.69, 9.17) is 0 Å². The van der Waals surface area contributed by atoms with Gasteiger partial charge >= 0.3 is 0 Å². The highest BCUT2D eigenvalue weighted by atomic mass is 16.2. The van der Waals surface area contributed by atoms with Gasteiger partial charge in [0.1, 0.15) is 0 Å². The monoisotopic (exact) mass is 324 g/mol. The number of hydrogen-bond acceptors (Lipinski definition) is 2. The number of nitrogens with one attached hydrogen (secondary N) is 2. The minimum absolute atomic E-state index is 0.142. The Hall–Kier alpha value is -2.62. The lowest BCUT2D eigenvalue weighted by atomic mass is 10.1. The average molecular weight is 324 g/mol. The summed E-state index contributed by atoms with van der Waals surface area (Å²) in [6.45, 7) is 5.22. The summed E-state index contributed by atoms with van der Waals surface area (Å²) in [6, 6.07) is 14.8. The quantitative estimate of drug-likeness (QED) is 0.766. The molecule has 0 saturated carbocycles. The summed E-state index contributed by atoms with van der Waals surface area (Å²) in [7, 11) is 0. The fraction of sp³-hybridized carbons (Fsp3) is 0.300. The van der Waals surface area contributed by atoms with Gasteiger partial charge in [0.2, 0.25) is 0 Å². The van der Waals surface area contributed by atoms with Crippen molar-refractivity contribution in [2.24, 2.45) is 0 Å². The number of benzene rings is 2. The summed E-state index contributed by atoms with van der Waals surface area (Å²) in [6.07, 6.45) is 1.98. The van der Waals surface area contributed by atoms with E-state index in [1.165, 1.54) is 5.56 Å². The Morgan fingerprint density at radius 2 is 1.54 bits per heavy atom. The Balaban J connectivity index is 1.95. The largest absolute Gasteiger partial charge is 0.352 e. The number of aryl methyl sites for hydroxylation is 1. The van der Waals surface area contributed by atoms with Gasteiger partial charge in [-0.2, -0.15) is 0 Å². The van der Waals surface area contributed by atoms with Crippen molar-refractivity contribution in [2.45, 2.75) is 33.2 Å². The average Bonchev–Trinajstić information content (AvgIpc) is 2.61. The van der Waals surface area contributed by atoms with Gasteiger partial charge < -0.3 is 10.6 Å². The fourth-order valence-corrected chi connectivity index (χ4v) is 2.27. The first kappa shape index (κ1) is 17.7. The first-order valence-electron chi connectivity index (χ1n) is 8.32. The van der Waals surface area contributed by atoms with Crippen LogP contribution >= 0.6 is 0 Å². The van der Waals surface area contributed by atoms with Gasteiger partial charge in [0.25, 0.3) is 11.8 Å². The first-order chi connectivity index (χ1) is 11.6. The van der Waals surface area contributed by atoms with Gasteiger partial charge in [-0.1, -0.05) is 49.2 Å². The Kier molecular flexibility index (Phi) is 6.55. The van der Waals surface area contributed by atoms with E-state index >= 15 is 0 Å². The van der Waals surface area contributed by atoms with Crippen molar-refractivity contribution in [2.75, 3.05) is 6.54 Å². The van der Waals surface area contributed by atoms with Crippen LogP contribution in [0.3, 0.4) is 0 Å². The van der Waals surface area contributed by atoms with Gasteiger partial charge in [0.05, 0.1) is 0 Å². The number of carbonyl (C=O) groups excluding carboxylic acids is 2. The lowest BCUT2D eigenvalue weighted by Gasteiger charge is -2.08. The molecule has 0 radical (unpaired) electrons. The standard InChI is InChI=1S/C20H24N2O2/c1-3-4-12-21-19(23)17-6-5-7-18(13-17)20(24)22-14-16-10-8-15(2)9-11-16/h5-11,13H,3-4,12,14H2,1-2H3,(H,21,23)(H,22,24). The molecule has 4 heteroatoms. The molecule has 2 amide bonds. The topological polar surface area (TPSA) is 58.2 Å². The molecule has 0 atom stereocenters. The van der Waals surface area contributed by atoms with Gasteiger partial charge in [-0.05, 0) is 37.1 Å². The second-order valence-corrected chi connectivity index (χ2v) is 5.86. The summed E-state index contributed by atoms with van der Waals surface area (Å²) >= 11 is 0. The molecule has 0 saturated heterocycles. The number of unbranched alkanes of at least 4 members (excludes halogenated alkanes) is 1. The first-order valence-corrected chi connectivity index (χ1v) is 8.32. The van der Waals surface area contributed by atoms with E-state index in [0.29, 0.717) is 24.2 Å². The molecule has 0 aliphatic heterocycles. The smallest absolute Gasteiger partial charge is 0.251 e. The van der Waals surface area contributed by atoms with Crippen LogP contribution in [0.15, 0.2) is 48.5 Å². The molecular formula is C20H24N2O2. The SMILES string of the molecule is CCCCNC(=O)c1cccc(C(=O)NCc2ccc(C)cc2)c1. The van der Waals surface area contributed by atoms with Crippen LogP contribution < -0.4 is 10.6 Å². The minimum Gasteiger partial charge on any atom is -0.352 e. The predicted molar refractivity (Wildman–Crippen MR) is 96.0 cm³/mol. The maximum atomic E-state index is 12.3. The summed E-state index contributed by atoms with van der Waals surface area (Å²) in [5.74, 6) is -0.324. The zero-order valence-electron chi connectivity index (χ0n) is 14.3. The molecule has 0 aliphatic rings. The second kappa shape index (κ2) is 8.87. The van der Waals surface area contributed by atoms with E-state index in [0.717, 1.165) is 18.4 Å². The molecule has 0 fully saturated rings. The highest BCUT2D eigenvalue weighted by Gasteiger charge is 2.10. The molecule has 0 aliphatic carbocycles. The molecule has 126 valence electrons. The van der Waals surface area contributed by atoms with E-state index in [1.807, 2.05) is 31.2 Å². The van der Waals surface area contributed by atoms with E-state index in [9.17, 15) is 9.59 Å². The van der Waals surface area contributed by atoms with Crippen LogP contribution in [0.1, 0.15) is 51.6 Å². The van der Waals surface area contributed by atoms with E-state index < -0.39 is 0 Å². The number of carbonyl (C=O) groups is 2. The maximum Gasteiger partial charge on any atom is 0.251 e. The molecule has 24 heavy (non-hydrogen) atoms. The second-order valence-electron chi connectivity index (χ2n) is 5.86. The van der Waals surface area contributed by atoms with E-state index in [2.05, 4.69) is 17.6 Å². The number of rotatable bonds is 7. The zero-order valence-corrected chi connectivity index (χ0v) is 14.3. The maximum absolute atomic E-state index is 12.3. The Labute approximate surface area is 143 Å². The lowest BCUT2D eigenvalue weighted by Crippen LogP contribution is -2.26. The van der Waals surface area contributed by atoms with Crippen LogP contribution in [0.5, 0.6) is 0 Å². The fourth-order valence-electron chi connectivity index (χ4n) is 2.27. The molecule has 0 bridgehead atoms. The van der Waals surface area contributed by atoms with Crippen molar-refractivity contribution in [1.29, 1.82) is 0 Å². The lowest BCUT2D eigenvalue weighted by molar-refractivity contribution is 0.0950. The molecule has 2 rings (SSSR count).